The van der Waals surface area contributed by atoms with Crippen LogP contribution in [-0.2, 0) is 0 Å². The van der Waals surface area contributed by atoms with Crippen LogP contribution in [0.4, 0.5) is 5.69 Å². The van der Waals surface area contributed by atoms with Crippen molar-refractivity contribution < 1.29 is 9.59 Å². The smallest absolute Gasteiger partial charge is 0.255 e. The van der Waals surface area contributed by atoms with Crippen LogP contribution in [0.5, 0.6) is 0 Å². The molecular formula is C17H18N2O2. The first-order chi connectivity index (χ1) is 9.88. The van der Waals surface area contributed by atoms with Crippen molar-refractivity contribution in [1.82, 2.24) is 0 Å². The second-order valence-corrected chi connectivity index (χ2v) is 5.17. The standard InChI is InChI=1S/C17H18N2O2/c1-10-8-11(2)15(12(3)9-10)19-17(21)14-6-4-13(5-7-14)16(18)20/h4-9H,1-3H3,(H2,18,20)(H,19,21). The first-order valence-electron chi connectivity index (χ1n) is 6.67. The Bertz CT molecular complexity index is 680. The second-order valence-electron chi connectivity index (χ2n) is 5.17. The molecule has 2 aromatic rings. The van der Waals surface area contributed by atoms with Crippen LogP contribution >= 0.6 is 0 Å². The van der Waals surface area contributed by atoms with Gasteiger partial charge in [-0.25, -0.2) is 0 Å². The number of hydrogen-bond donors (Lipinski definition) is 2. The molecule has 4 heteroatoms. The predicted molar refractivity (Wildman–Crippen MR) is 83.6 cm³/mol. The van der Waals surface area contributed by atoms with Crippen molar-refractivity contribution in [2.24, 2.45) is 5.73 Å². The van der Waals surface area contributed by atoms with Crippen molar-refractivity contribution in [2.75, 3.05) is 5.32 Å². The predicted octanol–water partition coefficient (Wildman–Crippen LogP) is 2.96. The second kappa shape index (κ2) is 5.79. The SMILES string of the molecule is Cc1cc(C)c(NC(=O)c2ccc(C(N)=O)cc2)c(C)c1. The zero-order chi connectivity index (χ0) is 15.6. The minimum atomic E-state index is -0.507. The Morgan fingerprint density at radius 3 is 1.86 bits per heavy atom. The molecule has 0 saturated carbocycles. The van der Waals surface area contributed by atoms with E-state index in [2.05, 4.69) is 5.32 Å². The highest BCUT2D eigenvalue weighted by atomic mass is 16.2. The maximum absolute atomic E-state index is 12.3. The fourth-order valence-corrected chi connectivity index (χ4v) is 2.35. The Balaban J connectivity index is 2.24. The van der Waals surface area contributed by atoms with Crippen molar-refractivity contribution in [2.45, 2.75) is 20.8 Å². The third kappa shape index (κ3) is 3.28. The lowest BCUT2D eigenvalue weighted by molar-refractivity contribution is 0.0995. The van der Waals surface area contributed by atoms with E-state index in [0.29, 0.717) is 11.1 Å². The zero-order valence-corrected chi connectivity index (χ0v) is 12.4. The van der Waals surface area contributed by atoms with Gasteiger partial charge in [-0.3, -0.25) is 9.59 Å². The average Bonchev–Trinajstić information content (AvgIpc) is 2.42. The number of primary amides is 1. The summed E-state index contributed by atoms with van der Waals surface area (Å²) in [6.07, 6.45) is 0. The van der Waals surface area contributed by atoms with Gasteiger partial charge in [-0.1, -0.05) is 17.7 Å². The fraction of sp³-hybridized carbons (Fsp3) is 0.176. The molecule has 2 amide bonds. The molecular weight excluding hydrogens is 264 g/mol. The quantitative estimate of drug-likeness (QED) is 0.908. The number of benzene rings is 2. The summed E-state index contributed by atoms with van der Waals surface area (Å²) in [6, 6.07) is 10.3. The summed E-state index contributed by atoms with van der Waals surface area (Å²) < 4.78 is 0. The lowest BCUT2D eigenvalue weighted by Crippen LogP contribution is -2.15. The molecule has 0 unspecified atom stereocenters. The van der Waals surface area contributed by atoms with Gasteiger partial charge in [-0.15, -0.1) is 0 Å². The fourth-order valence-electron chi connectivity index (χ4n) is 2.35. The average molecular weight is 282 g/mol. The Morgan fingerprint density at radius 1 is 0.905 bits per heavy atom. The molecule has 0 aliphatic carbocycles. The molecule has 0 bridgehead atoms. The van der Waals surface area contributed by atoms with E-state index in [1.165, 1.54) is 0 Å². The highest BCUT2D eigenvalue weighted by Crippen LogP contribution is 2.22. The molecule has 0 radical (unpaired) electrons. The van der Waals surface area contributed by atoms with Crippen molar-refractivity contribution in [3.63, 3.8) is 0 Å². The largest absolute Gasteiger partial charge is 0.366 e. The van der Waals surface area contributed by atoms with Gasteiger partial charge in [-0.2, -0.15) is 0 Å². The van der Waals surface area contributed by atoms with Crippen LogP contribution in [0.1, 0.15) is 37.4 Å². The Morgan fingerprint density at radius 2 is 1.38 bits per heavy atom. The van der Waals surface area contributed by atoms with E-state index in [0.717, 1.165) is 22.4 Å². The molecule has 4 nitrogen and oxygen atoms in total. The summed E-state index contributed by atoms with van der Waals surface area (Å²) in [5, 5.41) is 2.92. The summed E-state index contributed by atoms with van der Waals surface area (Å²) in [4.78, 5) is 23.3. The van der Waals surface area contributed by atoms with Gasteiger partial charge in [0.15, 0.2) is 0 Å². The van der Waals surface area contributed by atoms with Crippen molar-refractivity contribution in [1.29, 1.82) is 0 Å². The summed E-state index contributed by atoms with van der Waals surface area (Å²) in [6.45, 7) is 5.95. The number of hydrogen-bond acceptors (Lipinski definition) is 2. The van der Waals surface area contributed by atoms with E-state index in [-0.39, 0.29) is 5.91 Å². The van der Waals surface area contributed by atoms with Gasteiger partial charge in [0.25, 0.3) is 5.91 Å². The number of carbonyl (C=O) groups is 2. The molecule has 0 atom stereocenters. The first kappa shape index (κ1) is 14.8. The van der Waals surface area contributed by atoms with Crippen LogP contribution in [0.2, 0.25) is 0 Å². The van der Waals surface area contributed by atoms with E-state index in [1.54, 1.807) is 24.3 Å². The number of aryl methyl sites for hydroxylation is 3. The Kier molecular flexibility index (Phi) is 4.08. The molecule has 2 aromatic carbocycles. The topological polar surface area (TPSA) is 72.2 Å². The highest BCUT2D eigenvalue weighted by Gasteiger charge is 2.11. The summed E-state index contributed by atoms with van der Waals surface area (Å²) in [5.41, 5.74) is 10.1. The van der Waals surface area contributed by atoms with E-state index in [1.807, 2.05) is 32.9 Å². The molecule has 0 spiro atoms. The number of anilines is 1. The molecule has 2 rings (SSSR count). The van der Waals surface area contributed by atoms with Crippen molar-refractivity contribution in [3.05, 3.63) is 64.2 Å². The molecule has 21 heavy (non-hydrogen) atoms. The third-order valence-electron chi connectivity index (χ3n) is 3.35. The first-order valence-corrected chi connectivity index (χ1v) is 6.67. The maximum Gasteiger partial charge on any atom is 0.255 e. The zero-order valence-electron chi connectivity index (χ0n) is 12.4. The lowest BCUT2D eigenvalue weighted by Gasteiger charge is -2.13. The number of nitrogens with two attached hydrogens (primary N) is 1. The van der Waals surface area contributed by atoms with Crippen LogP contribution < -0.4 is 11.1 Å². The van der Waals surface area contributed by atoms with Crippen LogP contribution in [0.25, 0.3) is 0 Å². The lowest BCUT2D eigenvalue weighted by atomic mass is 10.0. The van der Waals surface area contributed by atoms with E-state index in [9.17, 15) is 9.59 Å². The van der Waals surface area contributed by atoms with E-state index >= 15 is 0 Å². The van der Waals surface area contributed by atoms with Crippen molar-refractivity contribution >= 4 is 17.5 Å². The van der Waals surface area contributed by atoms with Gasteiger partial charge >= 0.3 is 0 Å². The van der Waals surface area contributed by atoms with Crippen LogP contribution in [-0.4, -0.2) is 11.8 Å². The highest BCUT2D eigenvalue weighted by molar-refractivity contribution is 6.05. The number of rotatable bonds is 3. The van der Waals surface area contributed by atoms with Gasteiger partial charge in [0.2, 0.25) is 5.91 Å². The monoisotopic (exact) mass is 282 g/mol. The maximum atomic E-state index is 12.3. The summed E-state index contributed by atoms with van der Waals surface area (Å²) in [7, 11) is 0. The Labute approximate surface area is 124 Å². The van der Waals surface area contributed by atoms with Gasteiger partial charge in [0, 0.05) is 16.8 Å². The minimum Gasteiger partial charge on any atom is -0.366 e. The Hall–Kier alpha value is -2.62. The van der Waals surface area contributed by atoms with Crippen LogP contribution in [0, 0.1) is 20.8 Å². The number of nitrogens with one attached hydrogen (secondary N) is 1. The third-order valence-corrected chi connectivity index (χ3v) is 3.35. The molecule has 0 fully saturated rings. The molecule has 108 valence electrons. The minimum absolute atomic E-state index is 0.207. The van der Waals surface area contributed by atoms with E-state index < -0.39 is 5.91 Å². The van der Waals surface area contributed by atoms with Crippen molar-refractivity contribution in [3.8, 4) is 0 Å². The van der Waals surface area contributed by atoms with Gasteiger partial charge in [0.05, 0.1) is 0 Å². The molecule has 0 aliphatic heterocycles. The normalized spacial score (nSPS) is 10.2. The summed E-state index contributed by atoms with van der Waals surface area (Å²) >= 11 is 0. The van der Waals surface area contributed by atoms with Crippen LogP contribution in [0.3, 0.4) is 0 Å². The van der Waals surface area contributed by atoms with Gasteiger partial charge in [0.1, 0.15) is 0 Å². The van der Waals surface area contributed by atoms with E-state index in [4.69, 9.17) is 5.73 Å². The molecule has 0 aliphatic rings. The molecule has 0 saturated heterocycles. The molecule has 0 aromatic heterocycles. The number of amides is 2. The van der Waals surface area contributed by atoms with Gasteiger partial charge < -0.3 is 11.1 Å². The molecule has 0 heterocycles. The van der Waals surface area contributed by atoms with Crippen LogP contribution in [0.15, 0.2) is 36.4 Å². The van der Waals surface area contributed by atoms with Gasteiger partial charge in [-0.05, 0) is 56.2 Å². The molecule has 3 N–H and O–H groups in total. The summed E-state index contributed by atoms with van der Waals surface area (Å²) in [5.74, 6) is -0.715. The number of carbonyl (C=O) groups excluding carboxylic acids is 2.